The molecule has 3 nitrogen and oxygen atoms in total. The zero-order chi connectivity index (χ0) is 11.8. The first-order chi connectivity index (χ1) is 7.74. The highest BCUT2D eigenvalue weighted by molar-refractivity contribution is 4.97. The lowest BCUT2D eigenvalue weighted by Gasteiger charge is -2.09. The maximum absolute atomic E-state index is 4.21. The van der Waals surface area contributed by atoms with E-state index in [1.54, 1.807) is 0 Å². The molecule has 16 heavy (non-hydrogen) atoms. The van der Waals surface area contributed by atoms with Gasteiger partial charge >= 0.3 is 0 Å². The Bertz CT molecular complexity index is 278. The van der Waals surface area contributed by atoms with Crippen LogP contribution in [0.4, 0.5) is 0 Å². The molecular formula is C13H25N3. The van der Waals surface area contributed by atoms with E-state index < -0.39 is 0 Å². The van der Waals surface area contributed by atoms with Crippen LogP contribution in [-0.4, -0.2) is 16.1 Å². The van der Waals surface area contributed by atoms with Gasteiger partial charge in [0.2, 0.25) is 0 Å². The molecule has 0 radical (unpaired) electrons. The zero-order valence-corrected chi connectivity index (χ0v) is 10.9. The number of nitrogens with one attached hydrogen (secondary N) is 1. The van der Waals surface area contributed by atoms with Gasteiger partial charge < -0.3 is 9.88 Å². The fourth-order valence-corrected chi connectivity index (χ4v) is 1.78. The number of hydrogen-bond donors (Lipinski definition) is 1. The average Bonchev–Trinajstić information content (AvgIpc) is 2.69. The molecule has 0 saturated carbocycles. The fraction of sp³-hybridized carbons (Fsp3) is 0.769. The Kier molecular flexibility index (Phi) is 6.16. The molecule has 0 bridgehead atoms. The van der Waals surface area contributed by atoms with Crippen molar-refractivity contribution in [2.45, 2.75) is 53.1 Å². The summed E-state index contributed by atoms with van der Waals surface area (Å²) >= 11 is 0. The van der Waals surface area contributed by atoms with Crippen LogP contribution in [0.2, 0.25) is 0 Å². The summed E-state index contributed by atoms with van der Waals surface area (Å²) in [6.07, 6.45) is 7.81. The minimum Gasteiger partial charge on any atom is -0.333 e. The first-order valence-electron chi connectivity index (χ1n) is 6.43. The SMILES string of the molecule is CCNCc1cncn1CCCCC(C)C. The van der Waals surface area contributed by atoms with Gasteiger partial charge in [-0.1, -0.05) is 33.6 Å². The second kappa shape index (κ2) is 7.44. The molecular weight excluding hydrogens is 198 g/mol. The summed E-state index contributed by atoms with van der Waals surface area (Å²) in [7, 11) is 0. The van der Waals surface area contributed by atoms with Crippen LogP contribution in [0.15, 0.2) is 12.5 Å². The first-order valence-corrected chi connectivity index (χ1v) is 6.43. The summed E-state index contributed by atoms with van der Waals surface area (Å²) < 4.78 is 2.27. The Hall–Kier alpha value is -0.830. The van der Waals surface area contributed by atoms with Crippen LogP contribution in [0.1, 0.15) is 45.7 Å². The second-order valence-electron chi connectivity index (χ2n) is 4.75. The van der Waals surface area contributed by atoms with E-state index in [9.17, 15) is 0 Å². The van der Waals surface area contributed by atoms with Crippen molar-refractivity contribution in [3.63, 3.8) is 0 Å². The minimum atomic E-state index is 0.823. The van der Waals surface area contributed by atoms with Crippen LogP contribution in [0, 0.1) is 5.92 Å². The molecule has 0 aliphatic heterocycles. The van der Waals surface area contributed by atoms with E-state index in [0.29, 0.717) is 0 Å². The number of aromatic nitrogens is 2. The van der Waals surface area contributed by atoms with E-state index in [0.717, 1.165) is 25.6 Å². The molecule has 0 fully saturated rings. The highest BCUT2D eigenvalue weighted by atomic mass is 15.1. The van der Waals surface area contributed by atoms with Gasteiger partial charge in [-0.15, -0.1) is 0 Å². The van der Waals surface area contributed by atoms with Crippen LogP contribution in [0.5, 0.6) is 0 Å². The predicted octanol–water partition coefficient (Wildman–Crippen LogP) is 2.82. The molecule has 1 aromatic rings. The fourth-order valence-electron chi connectivity index (χ4n) is 1.78. The predicted molar refractivity (Wildman–Crippen MR) is 68.3 cm³/mol. The van der Waals surface area contributed by atoms with Crippen molar-refractivity contribution in [3.8, 4) is 0 Å². The van der Waals surface area contributed by atoms with Crippen LogP contribution in [-0.2, 0) is 13.1 Å². The Balaban J connectivity index is 2.27. The smallest absolute Gasteiger partial charge is 0.0948 e. The number of rotatable bonds is 8. The Morgan fingerprint density at radius 1 is 1.38 bits per heavy atom. The Labute approximate surface area is 99.3 Å². The molecule has 0 aliphatic rings. The van der Waals surface area contributed by atoms with Gasteiger partial charge in [-0.25, -0.2) is 4.98 Å². The van der Waals surface area contributed by atoms with E-state index in [1.807, 2.05) is 12.5 Å². The molecule has 1 N–H and O–H groups in total. The zero-order valence-electron chi connectivity index (χ0n) is 10.9. The number of nitrogens with zero attached hydrogens (tertiary/aromatic N) is 2. The van der Waals surface area contributed by atoms with Crippen molar-refractivity contribution in [1.82, 2.24) is 14.9 Å². The number of unbranched alkanes of at least 4 members (excludes halogenated alkanes) is 1. The third-order valence-corrected chi connectivity index (χ3v) is 2.79. The molecule has 0 unspecified atom stereocenters. The van der Waals surface area contributed by atoms with Crippen LogP contribution >= 0.6 is 0 Å². The lowest BCUT2D eigenvalue weighted by molar-refractivity contribution is 0.501. The average molecular weight is 223 g/mol. The molecule has 0 amide bonds. The molecule has 0 spiro atoms. The van der Waals surface area contributed by atoms with Gasteiger partial charge in [-0.05, 0) is 18.9 Å². The lowest BCUT2D eigenvalue weighted by atomic mass is 10.1. The number of aryl methyl sites for hydroxylation is 1. The van der Waals surface area contributed by atoms with Gasteiger partial charge in [0.15, 0.2) is 0 Å². The summed E-state index contributed by atoms with van der Waals surface area (Å²) in [6, 6.07) is 0. The van der Waals surface area contributed by atoms with Gasteiger partial charge in [0.25, 0.3) is 0 Å². The lowest BCUT2D eigenvalue weighted by Crippen LogP contribution is -2.15. The van der Waals surface area contributed by atoms with Gasteiger partial charge in [0.05, 0.1) is 12.0 Å². The molecule has 1 rings (SSSR count). The summed E-state index contributed by atoms with van der Waals surface area (Å²) in [5.74, 6) is 0.823. The highest BCUT2D eigenvalue weighted by Crippen LogP contribution is 2.08. The molecule has 1 aromatic heterocycles. The van der Waals surface area contributed by atoms with Crippen molar-refractivity contribution >= 4 is 0 Å². The van der Waals surface area contributed by atoms with E-state index in [2.05, 4.69) is 35.6 Å². The molecule has 0 atom stereocenters. The van der Waals surface area contributed by atoms with Crippen molar-refractivity contribution in [2.24, 2.45) is 5.92 Å². The molecule has 0 saturated heterocycles. The highest BCUT2D eigenvalue weighted by Gasteiger charge is 2.01. The largest absolute Gasteiger partial charge is 0.333 e. The van der Waals surface area contributed by atoms with E-state index in [-0.39, 0.29) is 0 Å². The topological polar surface area (TPSA) is 29.9 Å². The molecule has 0 aliphatic carbocycles. The molecule has 92 valence electrons. The van der Waals surface area contributed by atoms with Crippen molar-refractivity contribution < 1.29 is 0 Å². The summed E-state index contributed by atoms with van der Waals surface area (Å²) in [4.78, 5) is 4.21. The maximum atomic E-state index is 4.21. The molecule has 0 aromatic carbocycles. The van der Waals surface area contributed by atoms with Crippen molar-refractivity contribution in [1.29, 1.82) is 0 Å². The normalized spacial score (nSPS) is 11.2. The van der Waals surface area contributed by atoms with Crippen molar-refractivity contribution in [2.75, 3.05) is 6.54 Å². The van der Waals surface area contributed by atoms with Gasteiger partial charge in [-0.2, -0.15) is 0 Å². The summed E-state index contributed by atoms with van der Waals surface area (Å²) in [6.45, 7) is 9.75. The van der Waals surface area contributed by atoms with Crippen LogP contribution in [0.3, 0.4) is 0 Å². The number of hydrogen-bond acceptors (Lipinski definition) is 2. The third kappa shape index (κ3) is 4.79. The van der Waals surface area contributed by atoms with E-state index >= 15 is 0 Å². The quantitative estimate of drug-likeness (QED) is 0.687. The first kappa shape index (κ1) is 13.2. The summed E-state index contributed by atoms with van der Waals surface area (Å²) in [5, 5.41) is 3.34. The third-order valence-electron chi connectivity index (χ3n) is 2.79. The van der Waals surface area contributed by atoms with E-state index in [4.69, 9.17) is 0 Å². The van der Waals surface area contributed by atoms with E-state index in [1.165, 1.54) is 25.0 Å². The monoisotopic (exact) mass is 223 g/mol. The van der Waals surface area contributed by atoms with Gasteiger partial charge in [0.1, 0.15) is 0 Å². The van der Waals surface area contributed by atoms with Crippen molar-refractivity contribution in [3.05, 3.63) is 18.2 Å². The Morgan fingerprint density at radius 2 is 2.19 bits per heavy atom. The number of imidazole rings is 1. The molecule has 3 heteroatoms. The maximum Gasteiger partial charge on any atom is 0.0948 e. The summed E-state index contributed by atoms with van der Waals surface area (Å²) in [5.41, 5.74) is 1.30. The van der Waals surface area contributed by atoms with Crippen LogP contribution in [0.25, 0.3) is 0 Å². The standard InChI is InChI=1S/C13H25N3/c1-4-14-9-13-10-15-11-16(13)8-6-5-7-12(2)3/h10-12,14H,4-9H2,1-3H3. The van der Waals surface area contributed by atoms with Crippen LogP contribution < -0.4 is 5.32 Å². The second-order valence-corrected chi connectivity index (χ2v) is 4.75. The van der Waals surface area contributed by atoms with Gasteiger partial charge in [-0.3, -0.25) is 0 Å². The van der Waals surface area contributed by atoms with Gasteiger partial charge in [0, 0.05) is 19.3 Å². The Morgan fingerprint density at radius 3 is 2.88 bits per heavy atom. The minimum absolute atomic E-state index is 0.823. The molecule has 1 heterocycles.